The Hall–Kier alpha value is -2.50. The van der Waals surface area contributed by atoms with Gasteiger partial charge in [-0.25, -0.2) is 9.59 Å². The van der Waals surface area contributed by atoms with Crippen LogP contribution in [0.1, 0.15) is 51.1 Å². The van der Waals surface area contributed by atoms with Crippen molar-refractivity contribution in [3.8, 4) is 5.75 Å². The summed E-state index contributed by atoms with van der Waals surface area (Å²) in [5.41, 5.74) is 1.67. The molecule has 2 amide bonds. The Bertz CT molecular complexity index is 728. The molecule has 0 saturated heterocycles. The van der Waals surface area contributed by atoms with E-state index in [1.807, 2.05) is 24.3 Å². The largest absolute Gasteiger partial charge is 0.496 e. The Morgan fingerprint density at radius 2 is 2.00 bits per heavy atom. The third-order valence-corrected chi connectivity index (χ3v) is 5.10. The van der Waals surface area contributed by atoms with E-state index in [2.05, 4.69) is 17.6 Å². The third-order valence-electron chi connectivity index (χ3n) is 5.10. The van der Waals surface area contributed by atoms with E-state index in [1.54, 1.807) is 14.0 Å². The van der Waals surface area contributed by atoms with Crippen LogP contribution in [0.15, 0.2) is 35.5 Å². The lowest BCUT2D eigenvalue weighted by atomic mass is 9.88. The molecule has 0 spiro atoms. The number of carbonyl (C=O) groups is 2. The Balaban J connectivity index is 1.89. The van der Waals surface area contributed by atoms with Crippen molar-refractivity contribution in [1.29, 1.82) is 0 Å². The number of hydrogen-bond acceptors (Lipinski definition) is 4. The average molecular weight is 358 g/mol. The summed E-state index contributed by atoms with van der Waals surface area (Å²) in [7, 11) is 1.57. The molecule has 1 heterocycles. The van der Waals surface area contributed by atoms with Gasteiger partial charge in [-0.3, -0.25) is 0 Å². The lowest BCUT2D eigenvalue weighted by molar-refractivity contribution is -0.146. The van der Waals surface area contributed by atoms with E-state index in [-0.39, 0.29) is 18.1 Å². The van der Waals surface area contributed by atoms with E-state index < -0.39 is 6.04 Å². The van der Waals surface area contributed by atoms with Gasteiger partial charge in [0, 0.05) is 11.3 Å². The van der Waals surface area contributed by atoms with E-state index in [4.69, 9.17) is 9.47 Å². The van der Waals surface area contributed by atoms with Gasteiger partial charge in [0.1, 0.15) is 11.9 Å². The first-order valence-corrected chi connectivity index (χ1v) is 9.11. The monoisotopic (exact) mass is 358 g/mol. The number of benzene rings is 1. The number of amides is 2. The molecule has 3 atom stereocenters. The van der Waals surface area contributed by atoms with Crippen LogP contribution < -0.4 is 15.4 Å². The topological polar surface area (TPSA) is 76.7 Å². The maximum atomic E-state index is 13.0. The molecule has 6 nitrogen and oxygen atoms in total. The second-order valence-corrected chi connectivity index (χ2v) is 7.11. The fourth-order valence-electron chi connectivity index (χ4n) is 3.80. The zero-order valence-electron chi connectivity index (χ0n) is 15.5. The van der Waals surface area contributed by atoms with Crippen LogP contribution in [0.3, 0.4) is 0 Å². The highest BCUT2D eigenvalue weighted by molar-refractivity contribution is 5.95. The summed E-state index contributed by atoms with van der Waals surface area (Å²) in [6.07, 6.45) is 3.96. The van der Waals surface area contributed by atoms with Gasteiger partial charge in [-0.05, 0) is 38.2 Å². The van der Waals surface area contributed by atoms with E-state index in [0.29, 0.717) is 22.9 Å². The first-order valence-electron chi connectivity index (χ1n) is 9.11. The van der Waals surface area contributed by atoms with Crippen molar-refractivity contribution in [2.45, 2.75) is 51.7 Å². The van der Waals surface area contributed by atoms with Crippen molar-refractivity contribution in [3.63, 3.8) is 0 Å². The van der Waals surface area contributed by atoms with Gasteiger partial charge in [0.15, 0.2) is 0 Å². The van der Waals surface area contributed by atoms with Crippen molar-refractivity contribution in [2.24, 2.45) is 5.92 Å². The van der Waals surface area contributed by atoms with Crippen molar-refractivity contribution in [2.75, 3.05) is 7.11 Å². The van der Waals surface area contributed by atoms with Crippen LogP contribution in [0.4, 0.5) is 4.79 Å². The van der Waals surface area contributed by atoms with Gasteiger partial charge in [0.2, 0.25) is 0 Å². The van der Waals surface area contributed by atoms with Crippen LogP contribution in [0.5, 0.6) is 5.75 Å². The maximum Gasteiger partial charge on any atom is 0.338 e. The first kappa shape index (κ1) is 18.3. The standard InChI is InChI=1S/C20H26N2O4/c1-12-7-6-8-14(11-12)26-19(23)17-13(2)21-20(24)22-18(17)15-9-4-5-10-16(15)25-3/h4-5,9-10,12,14,18H,6-8,11H2,1-3H3,(H2,21,22,24)/t12-,14+,18+/m1/s1. The maximum absolute atomic E-state index is 13.0. The van der Waals surface area contributed by atoms with Gasteiger partial charge in [0.25, 0.3) is 0 Å². The van der Waals surface area contributed by atoms with Crippen LogP contribution in [0, 0.1) is 5.92 Å². The molecule has 1 aromatic carbocycles. The van der Waals surface area contributed by atoms with Crippen LogP contribution in [-0.4, -0.2) is 25.2 Å². The van der Waals surface area contributed by atoms with Gasteiger partial charge in [0.05, 0.1) is 18.7 Å². The molecule has 3 rings (SSSR count). The minimum absolute atomic E-state index is 0.0671. The minimum Gasteiger partial charge on any atom is -0.496 e. The van der Waals surface area contributed by atoms with Gasteiger partial charge < -0.3 is 20.1 Å². The highest BCUT2D eigenvalue weighted by Gasteiger charge is 2.35. The molecule has 1 saturated carbocycles. The number of rotatable bonds is 4. The summed E-state index contributed by atoms with van der Waals surface area (Å²) in [5, 5.41) is 5.51. The summed E-state index contributed by atoms with van der Waals surface area (Å²) in [5.74, 6) is 0.792. The fraction of sp³-hybridized carbons (Fsp3) is 0.500. The average Bonchev–Trinajstić information content (AvgIpc) is 2.60. The third kappa shape index (κ3) is 3.84. The molecule has 26 heavy (non-hydrogen) atoms. The number of ether oxygens (including phenoxy) is 2. The number of hydrogen-bond donors (Lipinski definition) is 2. The van der Waals surface area contributed by atoms with Crippen LogP contribution >= 0.6 is 0 Å². The van der Waals surface area contributed by atoms with Crippen molar-refractivity contribution in [1.82, 2.24) is 10.6 Å². The Kier molecular flexibility index (Phi) is 5.49. The van der Waals surface area contributed by atoms with Crippen LogP contribution in [0.25, 0.3) is 0 Å². The molecule has 1 aliphatic carbocycles. The number of urea groups is 1. The summed E-state index contributed by atoms with van der Waals surface area (Å²) in [4.78, 5) is 25.0. The van der Waals surface area contributed by atoms with E-state index in [0.717, 1.165) is 24.8 Å². The lowest BCUT2D eigenvalue weighted by Crippen LogP contribution is -2.45. The lowest BCUT2D eigenvalue weighted by Gasteiger charge is -2.31. The second-order valence-electron chi connectivity index (χ2n) is 7.11. The zero-order chi connectivity index (χ0) is 18.7. The fourth-order valence-corrected chi connectivity index (χ4v) is 3.80. The minimum atomic E-state index is -0.603. The molecular weight excluding hydrogens is 332 g/mol. The Morgan fingerprint density at radius 1 is 1.23 bits per heavy atom. The van der Waals surface area contributed by atoms with Crippen molar-refractivity contribution < 1.29 is 19.1 Å². The number of nitrogens with one attached hydrogen (secondary N) is 2. The second kappa shape index (κ2) is 7.81. The molecule has 0 bridgehead atoms. The molecule has 2 N–H and O–H groups in total. The molecule has 0 radical (unpaired) electrons. The molecule has 0 unspecified atom stereocenters. The molecule has 1 aliphatic heterocycles. The quantitative estimate of drug-likeness (QED) is 0.808. The molecule has 0 aromatic heterocycles. The predicted molar refractivity (Wildman–Crippen MR) is 97.6 cm³/mol. The Morgan fingerprint density at radius 3 is 2.73 bits per heavy atom. The first-order chi connectivity index (χ1) is 12.5. The highest BCUT2D eigenvalue weighted by Crippen LogP contribution is 2.34. The van der Waals surface area contributed by atoms with Gasteiger partial charge in [-0.1, -0.05) is 31.5 Å². The smallest absolute Gasteiger partial charge is 0.338 e. The molecular formula is C20H26N2O4. The number of methoxy groups -OCH3 is 1. The normalized spacial score (nSPS) is 26.0. The Labute approximate surface area is 153 Å². The van der Waals surface area contributed by atoms with Gasteiger partial charge in [-0.2, -0.15) is 0 Å². The zero-order valence-corrected chi connectivity index (χ0v) is 15.5. The summed E-state index contributed by atoms with van der Waals surface area (Å²) in [6, 6.07) is 6.41. The highest BCUT2D eigenvalue weighted by atomic mass is 16.5. The number of esters is 1. The predicted octanol–water partition coefficient (Wildman–Crippen LogP) is 3.45. The number of para-hydroxylation sites is 1. The van der Waals surface area contributed by atoms with Gasteiger partial charge in [-0.15, -0.1) is 0 Å². The van der Waals surface area contributed by atoms with Crippen molar-refractivity contribution >= 4 is 12.0 Å². The van der Waals surface area contributed by atoms with Crippen LogP contribution in [0.2, 0.25) is 0 Å². The van der Waals surface area contributed by atoms with Crippen molar-refractivity contribution in [3.05, 3.63) is 41.1 Å². The summed E-state index contributed by atoms with van der Waals surface area (Å²) >= 11 is 0. The summed E-state index contributed by atoms with van der Waals surface area (Å²) in [6.45, 7) is 3.91. The molecule has 1 aromatic rings. The van der Waals surface area contributed by atoms with E-state index >= 15 is 0 Å². The van der Waals surface area contributed by atoms with E-state index in [1.165, 1.54) is 6.42 Å². The molecule has 2 aliphatic rings. The van der Waals surface area contributed by atoms with E-state index in [9.17, 15) is 9.59 Å². The van der Waals surface area contributed by atoms with Crippen LogP contribution in [-0.2, 0) is 9.53 Å². The summed E-state index contributed by atoms with van der Waals surface area (Å²) < 4.78 is 11.2. The number of carbonyl (C=O) groups excluding carboxylic acids is 2. The SMILES string of the molecule is COc1ccccc1[C@@H]1NC(=O)NC(C)=C1C(=O)O[C@H]1CCC[C@@H](C)C1. The molecule has 6 heteroatoms. The van der Waals surface area contributed by atoms with Gasteiger partial charge >= 0.3 is 12.0 Å². The number of allylic oxidation sites excluding steroid dienone is 1. The molecule has 1 fully saturated rings. The molecule has 140 valence electrons.